The number of ether oxygens (including phenoxy) is 2. The van der Waals surface area contributed by atoms with Crippen molar-refractivity contribution >= 4 is 11.2 Å². The van der Waals surface area contributed by atoms with Gasteiger partial charge in [0.1, 0.15) is 11.5 Å². The molecule has 0 amide bonds. The highest BCUT2D eigenvalue weighted by Gasteiger charge is 2.25. The van der Waals surface area contributed by atoms with Crippen LogP contribution in [0.25, 0.3) is 11.2 Å². The second-order valence-corrected chi connectivity index (χ2v) is 9.23. The molecule has 13 heteroatoms. The first-order valence-electron chi connectivity index (χ1n) is 12.1. The smallest absolute Gasteiger partial charge is 0.394 e. The van der Waals surface area contributed by atoms with E-state index < -0.39 is 17.4 Å². The molecule has 1 aliphatic heterocycles. The second-order valence-electron chi connectivity index (χ2n) is 9.23. The quantitative estimate of drug-likeness (QED) is 0.425. The van der Waals surface area contributed by atoms with Gasteiger partial charge in [-0.2, -0.15) is 13.8 Å². The molecule has 0 aliphatic carbocycles. The standard InChI is InChI=1S/C24H32F2N6O5/c1-24(25,26)37-18-7-4-6-17(16-18)36-22-27-20-19(21(34)32(8-5-15-33)23(35)29(20)3)31(22)14-13-30-11-9-28(2)10-12-30/h4,6-7,16,33H,5,8-15H2,1-3H3. The lowest BCUT2D eigenvalue weighted by atomic mass is 10.3. The van der Waals surface area contributed by atoms with Crippen molar-refractivity contribution in [1.82, 2.24) is 28.5 Å². The largest absolute Gasteiger partial charge is 0.433 e. The topological polar surface area (TPSA) is 107 Å². The van der Waals surface area contributed by atoms with Crippen LogP contribution in [0.2, 0.25) is 0 Å². The lowest BCUT2D eigenvalue weighted by Gasteiger charge is -2.32. The molecule has 0 saturated carbocycles. The lowest BCUT2D eigenvalue weighted by molar-refractivity contribution is -0.159. The Morgan fingerprint density at radius 1 is 1.03 bits per heavy atom. The molecule has 0 spiro atoms. The van der Waals surface area contributed by atoms with Crippen LogP contribution in [0.3, 0.4) is 0 Å². The Balaban J connectivity index is 1.75. The van der Waals surface area contributed by atoms with Crippen molar-refractivity contribution in [2.24, 2.45) is 7.05 Å². The molecule has 1 aromatic carbocycles. The second kappa shape index (κ2) is 11.0. The van der Waals surface area contributed by atoms with Gasteiger partial charge in [0.05, 0.1) is 0 Å². The van der Waals surface area contributed by atoms with Crippen molar-refractivity contribution in [3.63, 3.8) is 0 Å². The van der Waals surface area contributed by atoms with Gasteiger partial charge in [-0.05, 0) is 25.6 Å². The maximum Gasteiger partial charge on any atom is 0.394 e. The highest BCUT2D eigenvalue weighted by Crippen LogP contribution is 2.29. The van der Waals surface area contributed by atoms with E-state index in [-0.39, 0.29) is 48.2 Å². The van der Waals surface area contributed by atoms with Gasteiger partial charge >= 0.3 is 17.8 Å². The first kappa shape index (κ1) is 26.8. The minimum atomic E-state index is -3.37. The van der Waals surface area contributed by atoms with E-state index >= 15 is 0 Å². The Morgan fingerprint density at radius 2 is 1.73 bits per heavy atom. The van der Waals surface area contributed by atoms with Gasteiger partial charge in [0.25, 0.3) is 5.56 Å². The van der Waals surface area contributed by atoms with Crippen LogP contribution < -0.4 is 20.7 Å². The number of nitrogens with zero attached hydrogens (tertiary/aromatic N) is 6. The van der Waals surface area contributed by atoms with E-state index in [1.807, 2.05) is 0 Å². The van der Waals surface area contributed by atoms with E-state index in [1.54, 1.807) is 10.6 Å². The SMILES string of the molecule is CN1CCN(CCn2c(Oc3cccc(OC(C)(F)F)c3)nc3c2c(=O)n(CCCO)c(=O)n3C)CC1. The average molecular weight is 523 g/mol. The van der Waals surface area contributed by atoms with Crippen LogP contribution in [0.15, 0.2) is 33.9 Å². The fourth-order valence-corrected chi connectivity index (χ4v) is 4.29. The third-order valence-electron chi connectivity index (χ3n) is 6.28. The Morgan fingerprint density at radius 3 is 2.41 bits per heavy atom. The third kappa shape index (κ3) is 6.17. The molecular weight excluding hydrogens is 490 g/mol. The van der Waals surface area contributed by atoms with E-state index in [0.29, 0.717) is 20.0 Å². The molecule has 2 aromatic heterocycles. The lowest BCUT2D eigenvalue weighted by Crippen LogP contribution is -2.45. The number of halogens is 2. The van der Waals surface area contributed by atoms with Crippen molar-refractivity contribution < 1.29 is 23.4 Å². The normalized spacial score (nSPS) is 15.4. The summed E-state index contributed by atoms with van der Waals surface area (Å²) in [7, 11) is 3.58. The zero-order chi connectivity index (χ0) is 26.7. The maximum atomic E-state index is 13.4. The summed E-state index contributed by atoms with van der Waals surface area (Å²) in [6.45, 7) is 5.07. The molecule has 0 radical (unpaired) electrons. The molecule has 11 nitrogen and oxygen atoms in total. The molecule has 1 aliphatic rings. The number of hydrogen-bond acceptors (Lipinski definition) is 8. The first-order valence-corrected chi connectivity index (χ1v) is 12.1. The van der Waals surface area contributed by atoms with Crippen molar-refractivity contribution in [2.45, 2.75) is 32.5 Å². The van der Waals surface area contributed by atoms with Crippen LogP contribution in [0.4, 0.5) is 8.78 Å². The molecule has 0 bridgehead atoms. The molecule has 1 fully saturated rings. The fourth-order valence-electron chi connectivity index (χ4n) is 4.29. The Kier molecular flexibility index (Phi) is 7.95. The number of rotatable bonds is 10. The molecule has 1 saturated heterocycles. The minimum absolute atomic E-state index is 0.0524. The number of hydrogen-bond donors (Lipinski definition) is 1. The van der Waals surface area contributed by atoms with Crippen molar-refractivity contribution in [3.05, 3.63) is 45.1 Å². The number of piperazine rings is 1. The van der Waals surface area contributed by atoms with Crippen LogP contribution >= 0.6 is 0 Å². The maximum absolute atomic E-state index is 13.4. The predicted molar refractivity (Wildman–Crippen MR) is 133 cm³/mol. The van der Waals surface area contributed by atoms with Crippen LogP contribution in [0.5, 0.6) is 17.5 Å². The van der Waals surface area contributed by atoms with E-state index in [2.05, 4.69) is 26.6 Å². The molecule has 3 aromatic rings. The molecule has 1 N–H and O–H groups in total. The Hall–Kier alpha value is -3.29. The van der Waals surface area contributed by atoms with Crippen LogP contribution in [-0.4, -0.2) is 86.1 Å². The van der Waals surface area contributed by atoms with E-state index in [4.69, 9.17) is 4.74 Å². The number of aliphatic hydroxyl groups excluding tert-OH is 1. The monoisotopic (exact) mass is 522 g/mol. The van der Waals surface area contributed by atoms with Crippen LogP contribution in [-0.2, 0) is 20.1 Å². The van der Waals surface area contributed by atoms with Gasteiger partial charge in [-0.1, -0.05) is 6.07 Å². The number of aromatic nitrogens is 4. The van der Waals surface area contributed by atoms with Gasteiger partial charge < -0.3 is 19.5 Å². The fraction of sp³-hybridized carbons (Fsp3) is 0.542. The van der Waals surface area contributed by atoms with Crippen molar-refractivity contribution in [2.75, 3.05) is 46.4 Å². The minimum Gasteiger partial charge on any atom is -0.433 e. The molecule has 4 rings (SSSR count). The van der Waals surface area contributed by atoms with Gasteiger partial charge in [0.15, 0.2) is 11.2 Å². The molecule has 37 heavy (non-hydrogen) atoms. The van der Waals surface area contributed by atoms with Gasteiger partial charge in [0.2, 0.25) is 0 Å². The van der Waals surface area contributed by atoms with Gasteiger partial charge in [-0.25, -0.2) is 4.79 Å². The van der Waals surface area contributed by atoms with E-state index in [1.165, 1.54) is 29.8 Å². The summed E-state index contributed by atoms with van der Waals surface area (Å²) in [5.74, 6) is 0.0902. The van der Waals surface area contributed by atoms with Crippen molar-refractivity contribution in [1.29, 1.82) is 0 Å². The third-order valence-corrected chi connectivity index (χ3v) is 6.28. The Bertz CT molecular complexity index is 1350. The number of benzene rings is 1. The zero-order valence-corrected chi connectivity index (χ0v) is 21.2. The summed E-state index contributed by atoms with van der Waals surface area (Å²) >= 11 is 0. The highest BCUT2D eigenvalue weighted by molar-refractivity contribution is 5.72. The summed E-state index contributed by atoms with van der Waals surface area (Å²) < 4.78 is 41.3. The number of likely N-dealkylation sites (N-methyl/N-ethyl adjacent to an activating group) is 1. The summed E-state index contributed by atoms with van der Waals surface area (Å²) in [6, 6.07) is 5.80. The summed E-state index contributed by atoms with van der Waals surface area (Å²) in [5.41, 5.74) is -0.746. The molecular formula is C24H32F2N6O5. The van der Waals surface area contributed by atoms with Crippen molar-refractivity contribution in [3.8, 4) is 17.5 Å². The van der Waals surface area contributed by atoms with Gasteiger partial charge in [0, 0.05) is 72.5 Å². The predicted octanol–water partition coefficient (Wildman–Crippen LogP) is 1.31. The molecule has 0 atom stereocenters. The highest BCUT2D eigenvalue weighted by atomic mass is 19.3. The molecule has 3 heterocycles. The number of alkyl halides is 2. The summed E-state index contributed by atoms with van der Waals surface area (Å²) in [5, 5.41) is 9.23. The summed E-state index contributed by atoms with van der Waals surface area (Å²) in [6.07, 6.45) is -3.12. The average Bonchev–Trinajstić information content (AvgIpc) is 3.19. The first-order chi connectivity index (χ1) is 17.6. The number of aryl methyl sites for hydroxylation is 1. The molecule has 0 unspecified atom stereocenters. The van der Waals surface area contributed by atoms with Gasteiger partial charge in [-0.15, -0.1) is 0 Å². The van der Waals surface area contributed by atoms with Crippen LogP contribution in [0.1, 0.15) is 13.3 Å². The Labute approximate surface area is 212 Å². The summed E-state index contributed by atoms with van der Waals surface area (Å²) in [4.78, 5) is 35.2. The van der Waals surface area contributed by atoms with E-state index in [0.717, 1.165) is 30.7 Å². The zero-order valence-electron chi connectivity index (χ0n) is 21.2. The number of aliphatic hydroxyl groups is 1. The van der Waals surface area contributed by atoms with Gasteiger partial charge in [-0.3, -0.25) is 23.4 Å². The number of fused-ring (bicyclic) bond motifs is 1. The van der Waals surface area contributed by atoms with Crippen LogP contribution in [0, 0.1) is 0 Å². The molecule has 202 valence electrons. The number of imidazole rings is 1. The van der Waals surface area contributed by atoms with E-state index in [9.17, 15) is 23.5 Å².